The standard InChI is InChI=1S/C15H14ClN3O/c1-19(14-5-4-13(8-17)18-9-14)10-11-7-12(16)3-6-15(11)20-2/h3-7,9H,10H2,1-2H3. The van der Waals surface area contributed by atoms with Gasteiger partial charge < -0.3 is 9.64 Å². The van der Waals surface area contributed by atoms with Crippen molar-refractivity contribution in [3.05, 3.63) is 52.8 Å². The molecule has 0 N–H and O–H groups in total. The maximum atomic E-state index is 8.74. The highest BCUT2D eigenvalue weighted by atomic mass is 35.5. The maximum Gasteiger partial charge on any atom is 0.140 e. The van der Waals surface area contributed by atoms with Crippen molar-refractivity contribution in [1.82, 2.24) is 4.98 Å². The minimum Gasteiger partial charge on any atom is -0.496 e. The van der Waals surface area contributed by atoms with Gasteiger partial charge >= 0.3 is 0 Å². The molecule has 4 nitrogen and oxygen atoms in total. The van der Waals surface area contributed by atoms with E-state index in [-0.39, 0.29) is 0 Å². The second kappa shape index (κ2) is 6.27. The van der Waals surface area contributed by atoms with Gasteiger partial charge in [0.1, 0.15) is 17.5 Å². The Labute approximate surface area is 123 Å². The summed E-state index contributed by atoms with van der Waals surface area (Å²) in [6.45, 7) is 0.636. The van der Waals surface area contributed by atoms with Gasteiger partial charge in [0.05, 0.1) is 19.0 Å². The number of aromatic nitrogens is 1. The third kappa shape index (κ3) is 3.19. The Morgan fingerprint density at radius 2 is 2.15 bits per heavy atom. The van der Waals surface area contributed by atoms with E-state index in [2.05, 4.69) is 4.98 Å². The van der Waals surface area contributed by atoms with Crippen LogP contribution in [0.3, 0.4) is 0 Å². The average Bonchev–Trinajstić information content (AvgIpc) is 2.47. The van der Waals surface area contributed by atoms with Crippen molar-refractivity contribution in [2.24, 2.45) is 0 Å². The molecule has 0 radical (unpaired) electrons. The van der Waals surface area contributed by atoms with Gasteiger partial charge in [-0.05, 0) is 30.3 Å². The van der Waals surface area contributed by atoms with Crippen LogP contribution in [0.4, 0.5) is 5.69 Å². The molecule has 0 aliphatic rings. The molecule has 0 amide bonds. The third-order valence-corrected chi connectivity index (χ3v) is 3.19. The molecular weight excluding hydrogens is 274 g/mol. The Morgan fingerprint density at radius 1 is 1.35 bits per heavy atom. The summed E-state index contributed by atoms with van der Waals surface area (Å²) >= 11 is 6.02. The number of methoxy groups -OCH3 is 1. The lowest BCUT2D eigenvalue weighted by atomic mass is 10.2. The minimum absolute atomic E-state index is 0.405. The van der Waals surface area contributed by atoms with Crippen LogP contribution >= 0.6 is 11.6 Å². The van der Waals surface area contributed by atoms with Gasteiger partial charge in [-0.25, -0.2) is 4.98 Å². The van der Waals surface area contributed by atoms with Crippen LogP contribution in [0.2, 0.25) is 5.02 Å². The molecule has 5 heteroatoms. The summed E-state index contributed by atoms with van der Waals surface area (Å²) in [4.78, 5) is 6.08. The quantitative estimate of drug-likeness (QED) is 0.866. The topological polar surface area (TPSA) is 49.1 Å². The van der Waals surface area contributed by atoms with Crippen LogP contribution in [-0.4, -0.2) is 19.1 Å². The first-order chi connectivity index (χ1) is 9.63. The number of anilines is 1. The fourth-order valence-corrected chi connectivity index (χ4v) is 2.09. The van der Waals surface area contributed by atoms with Crippen molar-refractivity contribution in [3.8, 4) is 11.8 Å². The lowest BCUT2D eigenvalue weighted by Gasteiger charge is -2.20. The van der Waals surface area contributed by atoms with Crippen LogP contribution in [-0.2, 0) is 6.54 Å². The first-order valence-electron chi connectivity index (χ1n) is 6.03. The van der Waals surface area contributed by atoms with E-state index in [0.717, 1.165) is 17.0 Å². The predicted octanol–water partition coefficient (Wildman–Crippen LogP) is 3.25. The first kappa shape index (κ1) is 14.2. The molecule has 0 saturated carbocycles. The average molecular weight is 288 g/mol. The van der Waals surface area contributed by atoms with E-state index < -0.39 is 0 Å². The largest absolute Gasteiger partial charge is 0.496 e. The van der Waals surface area contributed by atoms with Crippen molar-refractivity contribution in [2.75, 3.05) is 19.1 Å². The van der Waals surface area contributed by atoms with Crippen molar-refractivity contribution in [2.45, 2.75) is 6.54 Å². The molecule has 20 heavy (non-hydrogen) atoms. The zero-order valence-corrected chi connectivity index (χ0v) is 12.1. The molecule has 0 fully saturated rings. The monoisotopic (exact) mass is 287 g/mol. The molecule has 0 saturated heterocycles. The van der Waals surface area contributed by atoms with E-state index in [0.29, 0.717) is 17.3 Å². The number of nitriles is 1. The number of halogens is 1. The number of nitrogens with zero attached hydrogens (tertiary/aromatic N) is 3. The third-order valence-electron chi connectivity index (χ3n) is 2.95. The van der Waals surface area contributed by atoms with Crippen molar-refractivity contribution in [1.29, 1.82) is 5.26 Å². The highest BCUT2D eigenvalue weighted by molar-refractivity contribution is 6.30. The number of hydrogen-bond acceptors (Lipinski definition) is 4. The molecule has 0 aliphatic carbocycles. The molecule has 1 aromatic carbocycles. The number of benzene rings is 1. The zero-order chi connectivity index (χ0) is 14.5. The summed E-state index contributed by atoms with van der Waals surface area (Å²) in [5, 5.41) is 9.42. The first-order valence-corrected chi connectivity index (χ1v) is 6.41. The molecule has 0 atom stereocenters. The molecule has 0 bridgehead atoms. The molecule has 102 valence electrons. The number of ether oxygens (including phenoxy) is 1. The summed E-state index contributed by atoms with van der Waals surface area (Å²) < 4.78 is 5.33. The molecule has 2 aromatic rings. The Morgan fingerprint density at radius 3 is 2.75 bits per heavy atom. The van der Waals surface area contributed by atoms with Crippen LogP contribution in [0.1, 0.15) is 11.3 Å². The van der Waals surface area contributed by atoms with Crippen molar-refractivity contribution >= 4 is 17.3 Å². The molecule has 1 aromatic heterocycles. The van der Waals surface area contributed by atoms with Crippen LogP contribution in [0, 0.1) is 11.3 Å². The molecule has 0 aliphatic heterocycles. The second-order valence-electron chi connectivity index (χ2n) is 4.33. The van der Waals surface area contributed by atoms with Gasteiger partial charge in [-0.15, -0.1) is 0 Å². The van der Waals surface area contributed by atoms with Gasteiger partial charge in [-0.1, -0.05) is 11.6 Å². The zero-order valence-electron chi connectivity index (χ0n) is 11.3. The normalized spacial score (nSPS) is 9.90. The molecule has 1 heterocycles. The van der Waals surface area contributed by atoms with Gasteiger partial charge in [0, 0.05) is 24.2 Å². The lowest BCUT2D eigenvalue weighted by molar-refractivity contribution is 0.409. The SMILES string of the molecule is COc1ccc(Cl)cc1CN(C)c1ccc(C#N)nc1. The van der Waals surface area contributed by atoms with E-state index in [1.54, 1.807) is 25.4 Å². The van der Waals surface area contributed by atoms with Crippen molar-refractivity contribution < 1.29 is 4.74 Å². The summed E-state index contributed by atoms with van der Waals surface area (Å²) in [7, 11) is 3.58. The van der Waals surface area contributed by atoms with Crippen molar-refractivity contribution in [3.63, 3.8) is 0 Å². The highest BCUT2D eigenvalue weighted by Gasteiger charge is 2.08. The van der Waals surface area contributed by atoms with Gasteiger partial charge in [-0.2, -0.15) is 5.26 Å². The van der Waals surface area contributed by atoms with Crippen LogP contribution in [0.25, 0.3) is 0 Å². The number of pyridine rings is 1. The van der Waals surface area contributed by atoms with Crippen LogP contribution in [0.15, 0.2) is 36.5 Å². The minimum atomic E-state index is 0.405. The van der Waals surface area contributed by atoms with E-state index >= 15 is 0 Å². The molecular formula is C15H14ClN3O. The fraction of sp³-hybridized carbons (Fsp3) is 0.200. The Balaban J connectivity index is 2.20. The van der Waals surface area contributed by atoms with E-state index in [4.69, 9.17) is 21.6 Å². The Kier molecular flexibility index (Phi) is 4.44. The summed E-state index contributed by atoms with van der Waals surface area (Å²) in [5.74, 6) is 0.794. The van der Waals surface area contributed by atoms with Gasteiger partial charge in [-0.3, -0.25) is 0 Å². The van der Waals surface area contributed by atoms with Crippen LogP contribution < -0.4 is 9.64 Å². The summed E-state index contributed by atoms with van der Waals surface area (Å²) in [5.41, 5.74) is 2.32. The molecule has 0 spiro atoms. The van der Waals surface area contributed by atoms with Gasteiger partial charge in [0.2, 0.25) is 0 Å². The highest BCUT2D eigenvalue weighted by Crippen LogP contribution is 2.25. The Bertz CT molecular complexity index is 635. The predicted molar refractivity (Wildman–Crippen MR) is 79.1 cm³/mol. The Hall–Kier alpha value is -2.25. The second-order valence-corrected chi connectivity index (χ2v) is 4.76. The number of rotatable bonds is 4. The summed E-state index contributed by atoms with van der Waals surface area (Å²) in [6, 6.07) is 11.1. The van der Waals surface area contributed by atoms with Crippen LogP contribution in [0.5, 0.6) is 5.75 Å². The smallest absolute Gasteiger partial charge is 0.140 e. The van der Waals surface area contributed by atoms with E-state index in [9.17, 15) is 0 Å². The van der Waals surface area contributed by atoms with E-state index in [1.807, 2.05) is 36.2 Å². The maximum absolute atomic E-state index is 8.74. The fourth-order valence-electron chi connectivity index (χ4n) is 1.90. The lowest BCUT2D eigenvalue weighted by Crippen LogP contribution is -2.17. The molecule has 2 rings (SSSR count). The van der Waals surface area contributed by atoms with E-state index in [1.165, 1.54) is 0 Å². The summed E-state index contributed by atoms with van der Waals surface area (Å²) in [6.07, 6.45) is 1.68. The van der Waals surface area contributed by atoms with Gasteiger partial charge in [0.15, 0.2) is 0 Å². The number of hydrogen-bond donors (Lipinski definition) is 0. The van der Waals surface area contributed by atoms with Gasteiger partial charge in [0.25, 0.3) is 0 Å². The molecule has 0 unspecified atom stereocenters.